The smallest absolute Gasteiger partial charge is 0.338 e. The third-order valence-electron chi connectivity index (χ3n) is 17.5. The lowest BCUT2D eigenvalue weighted by Gasteiger charge is -2.51. The van der Waals surface area contributed by atoms with Crippen molar-refractivity contribution >= 4 is 33.5 Å². The molecule has 342 valence electrons. The SMILES string of the molecule is O=C(OC1CCCC(N(C2CCCCC2)C2CCC(C3CCC(N(C4CCCCC4)C4CCCC(OC(=O)c5ccc6ccccc6c5)C4)CC3)CC2)C1)c1ccc2ccccc2c1. The molecule has 4 aromatic carbocycles. The van der Waals surface area contributed by atoms with Crippen LogP contribution in [0.3, 0.4) is 0 Å². The fourth-order valence-corrected chi connectivity index (χ4v) is 14.4. The number of hydrogen-bond donors (Lipinski definition) is 0. The zero-order valence-corrected chi connectivity index (χ0v) is 38.8. The second-order valence-corrected chi connectivity index (χ2v) is 21.4. The zero-order chi connectivity index (χ0) is 43.2. The molecule has 6 aliphatic carbocycles. The maximum Gasteiger partial charge on any atom is 0.338 e. The summed E-state index contributed by atoms with van der Waals surface area (Å²) in [7, 11) is 0. The largest absolute Gasteiger partial charge is 0.459 e. The fourth-order valence-electron chi connectivity index (χ4n) is 14.4. The summed E-state index contributed by atoms with van der Waals surface area (Å²) < 4.78 is 12.7. The standard InChI is InChI=1S/C58H76N2O4/c61-57(47-27-25-41-13-7-9-15-45(41)37-47)63-55-23-11-21-53(39-55)59(49-17-3-1-4-18-49)51-33-29-43(30-34-51)44-31-35-52(36-32-44)60(50-19-5-2-6-20-50)54-22-12-24-56(40-54)64-58(62)48-28-26-42-14-8-10-16-46(42)38-48/h7-10,13-16,25-28,37-38,43-44,49-56H,1-6,11-12,17-24,29-36,39-40H2. The van der Waals surface area contributed by atoms with Crippen molar-refractivity contribution in [2.24, 2.45) is 11.8 Å². The summed E-state index contributed by atoms with van der Waals surface area (Å²) in [4.78, 5) is 33.1. The van der Waals surface area contributed by atoms with E-state index in [-0.39, 0.29) is 24.1 Å². The van der Waals surface area contributed by atoms with Crippen LogP contribution in [-0.4, -0.2) is 70.2 Å². The molecule has 4 unspecified atom stereocenters. The Balaban J connectivity index is 0.746. The first-order valence-corrected chi connectivity index (χ1v) is 26.5. The van der Waals surface area contributed by atoms with E-state index >= 15 is 0 Å². The second kappa shape index (κ2) is 20.8. The van der Waals surface area contributed by atoms with Gasteiger partial charge in [0.05, 0.1) is 11.1 Å². The summed E-state index contributed by atoms with van der Waals surface area (Å²) in [5, 5.41) is 4.51. The van der Waals surface area contributed by atoms with Gasteiger partial charge in [0.15, 0.2) is 0 Å². The molecule has 0 radical (unpaired) electrons. The summed E-state index contributed by atoms with van der Waals surface area (Å²) in [5.74, 6) is 1.42. The van der Waals surface area contributed by atoms with Crippen molar-refractivity contribution in [3.05, 3.63) is 96.1 Å². The molecule has 0 amide bonds. The van der Waals surface area contributed by atoms with E-state index in [4.69, 9.17) is 9.47 Å². The van der Waals surface area contributed by atoms with E-state index in [0.717, 1.165) is 71.9 Å². The average molecular weight is 865 g/mol. The topological polar surface area (TPSA) is 59.1 Å². The lowest BCUT2D eigenvalue weighted by Crippen LogP contribution is -2.54. The molecule has 6 fully saturated rings. The van der Waals surface area contributed by atoms with Crippen LogP contribution in [0.15, 0.2) is 84.9 Å². The molecule has 0 N–H and O–H groups in total. The van der Waals surface area contributed by atoms with Gasteiger partial charge in [-0.3, -0.25) is 9.80 Å². The predicted molar refractivity (Wildman–Crippen MR) is 260 cm³/mol. The first-order chi connectivity index (χ1) is 31.5. The van der Waals surface area contributed by atoms with E-state index in [2.05, 4.69) is 46.2 Å². The van der Waals surface area contributed by atoms with Crippen molar-refractivity contribution in [3.8, 4) is 0 Å². The van der Waals surface area contributed by atoms with Crippen molar-refractivity contribution in [1.29, 1.82) is 0 Å². The van der Waals surface area contributed by atoms with E-state index in [9.17, 15) is 9.59 Å². The number of rotatable bonds is 11. The van der Waals surface area contributed by atoms with Crippen LogP contribution in [0.5, 0.6) is 0 Å². The summed E-state index contributed by atoms with van der Waals surface area (Å²) in [6.07, 6.45) is 33.3. The Morgan fingerprint density at radius 2 is 0.719 bits per heavy atom. The summed E-state index contributed by atoms with van der Waals surface area (Å²) in [6.45, 7) is 0. The quantitative estimate of drug-likeness (QED) is 0.140. The Morgan fingerprint density at radius 3 is 1.12 bits per heavy atom. The Hall–Kier alpha value is -3.74. The van der Waals surface area contributed by atoms with Crippen LogP contribution in [-0.2, 0) is 9.47 Å². The third kappa shape index (κ3) is 10.3. The van der Waals surface area contributed by atoms with Crippen molar-refractivity contribution in [1.82, 2.24) is 9.80 Å². The van der Waals surface area contributed by atoms with Gasteiger partial charge >= 0.3 is 11.9 Å². The van der Waals surface area contributed by atoms with Gasteiger partial charge in [-0.15, -0.1) is 0 Å². The van der Waals surface area contributed by atoms with Crippen LogP contribution in [0.25, 0.3) is 21.5 Å². The molecule has 4 aromatic rings. The zero-order valence-electron chi connectivity index (χ0n) is 38.8. The minimum Gasteiger partial charge on any atom is -0.459 e. The Labute approximate surface area is 384 Å². The summed E-state index contributed by atoms with van der Waals surface area (Å²) in [5.41, 5.74) is 1.36. The van der Waals surface area contributed by atoms with Crippen LogP contribution in [0.4, 0.5) is 0 Å². The molecule has 4 atom stereocenters. The number of benzene rings is 4. The molecule has 0 spiro atoms. The van der Waals surface area contributed by atoms with Gasteiger partial charge in [0.1, 0.15) is 12.2 Å². The molecule has 0 heterocycles. The van der Waals surface area contributed by atoms with Crippen LogP contribution < -0.4 is 0 Å². The van der Waals surface area contributed by atoms with E-state index < -0.39 is 0 Å². The van der Waals surface area contributed by atoms with E-state index in [0.29, 0.717) is 47.4 Å². The average Bonchev–Trinajstić information content (AvgIpc) is 3.35. The highest BCUT2D eigenvalue weighted by Crippen LogP contribution is 2.45. The Bertz CT molecular complexity index is 2000. The first kappa shape index (κ1) is 44.1. The minimum absolute atomic E-state index is 0.00779. The van der Waals surface area contributed by atoms with Gasteiger partial charge in [-0.05, 0) is 186 Å². The minimum atomic E-state index is -0.154. The fraction of sp³-hybridized carbons (Fsp3) is 0.621. The lowest BCUT2D eigenvalue weighted by atomic mass is 9.70. The van der Waals surface area contributed by atoms with E-state index in [1.165, 1.54) is 128 Å². The number of esters is 2. The van der Waals surface area contributed by atoms with Crippen molar-refractivity contribution in [3.63, 3.8) is 0 Å². The van der Waals surface area contributed by atoms with E-state index in [1.807, 2.05) is 48.5 Å². The number of hydrogen-bond acceptors (Lipinski definition) is 6. The monoisotopic (exact) mass is 865 g/mol. The maximum atomic E-state index is 13.5. The second-order valence-electron chi connectivity index (χ2n) is 21.4. The molecule has 0 saturated heterocycles. The Kier molecular flexibility index (Phi) is 14.4. The summed E-state index contributed by atoms with van der Waals surface area (Å²) >= 11 is 0. The van der Waals surface area contributed by atoms with Gasteiger partial charge in [-0.1, -0.05) is 99.2 Å². The Morgan fingerprint density at radius 1 is 0.359 bits per heavy atom. The van der Waals surface area contributed by atoms with Gasteiger partial charge in [-0.25, -0.2) is 9.59 Å². The van der Waals surface area contributed by atoms with Crippen molar-refractivity contribution in [2.75, 3.05) is 0 Å². The molecule has 0 aromatic heterocycles. The molecule has 0 bridgehead atoms. The third-order valence-corrected chi connectivity index (χ3v) is 17.5. The number of carbonyl (C=O) groups is 2. The number of ether oxygens (including phenoxy) is 2. The molecule has 64 heavy (non-hydrogen) atoms. The molecule has 6 heteroatoms. The highest BCUT2D eigenvalue weighted by molar-refractivity contribution is 5.96. The van der Waals surface area contributed by atoms with Gasteiger partial charge in [0, 0.05) is 36.3 Å². The molecule has 6 aliphatic rings. The molecule has 6 nitrogen and oxygen atoms in total. The highest BCUT2D eigenvalue weighted by Gasteiger charge is 2.42. The van der Waals surface area contributed by atoms with Crippen molar-refractivity contribution in [2.45, 2.75) is 215 Å². The number of nitrogens with zero attached hydrogens (tertiary/aromatic N) is 2. The van der Waals surface area contributed by atoms with E-state index in [1.54, 1.807) is 0 Å². The van der Waals surface area contributed by atoms with Gasteiger partial charge in [0.2, 0.25) is 0 Å². The normalized spacial score (nSPS) is 30.1. The van der Waals surface area contributed by atoms with Crippen LogP contribution in [0.2, 0.25) is 0 Å². The molecule has 6 saturated carbocycles. The first-order valence-electron chi connectivity index (χ1n) is 26.5. The predicted octanol–water partition coefficient (Wildman–Crippen LogP) is 14.0. The maximum absolute atomic E-state index is 13.5. The van der Waals surface area contributed by atoms with Gasteiger partial charge in [-0.2, -0.15) is 0 Å². The van der Waals surface area contributed by atoms with Crippen LogP contribution in [0.1, 0.15) is 188 Å². The summed E-state index contributed by atoms with van der Waals surface area (Å²) in [6, 6.07) is 32.3. The lowest BCUT2D eigenvalue weighted by molar-refractivity contribution is -0.0348. The van der Waals surface area contributed by atoms with Gasteiger partial charge < -0.3 is 9.47 Å². The highest BCUT2D eigenvalue weighted by atomic mass is 16.5. The molecule has 10 rings (SSSR count). The van der Waals surface area contributed by atoms with Crippen molar-refractivity contribution < 1.29 is 19.1 Å². The van der Waals surface area contributed by atoms with Gasteiger partial charge in [0.25, 0.3) is 0 Å². The van der Waals surface area contributed by atoms with Crippen LogP contribution in [0, 0.1) is 11.8 Å². The number of fused-ring (bicyclic) bond motifs is 2. The molecular formula is C58H76N2O4. The molecule has 0 aliphatic heterocycles. The molecular weight excluding hydrogens is 789 g/mol. The number of carbonyl (C=O) groups excluding carboxylic acids is 2. The van der Waals surface area contributed by atoms with Crippen LogP contribution >= 0.6 is 0 Å².